The predicted octanol–water partition coefficient (Wildman–Crippen LogP) is 4.50. The van der Waals surface area contributed by atoms with E-state index >= 15 is 0 Å². The maximum Gasteiger partial charge on any atom is 0.390 e. The van der Waals surface area contributed by atoms with Crippen molar-refractivity contribution in [3.05, 3.63) is 58.3 Å². The molecule has 0 radical (unpaired) electrons. The zero-order valence-electron chi connectivity index (χ0n) is 15.8. The first-order valence-corrected chi connectivity index (χ1v) is 9.96. The summed E-state index contributed by atoms with van der Waals surface area (Å²) in [6.07, 6.45) is 0.196. The lowest BCUT2D eigenvalue weighted by molar-refractivity contribution is -0.131. The molecule has 6 nitrogen and oxygen atoms in total. The van der Waals surface area contributed by atoms with Gasteiger partial charge in [-0.25, -0.2) is 9.50 Å². The van der Waals surface area contributed by atoms with Gasteiger partial charge in [-0.05, 0) is 46.6 Å². The van der Waals surface area contributed by atoms with Gasteiger partial charge in [-0.15, -0.1) is 0 Å². The normalized spacial score (nSPS) is 13.6. The molecule has 0 spiro atoms. The first-order valence-electron chi connectivity index (χ1n) is 9.16. The molecular weight excluding hydrogens is 463 g/mol. The molecule has 4 rings (SSSR count). The third kappa shape index (κ3) is 4.48. The van der Waals surface area contributed by atoms with Crippen LogP contribution in [0.4, 0.5) is 18.9 Å². The van der Waals surface area contributed by atoms with Crippen molar-refractivity contribution in [1.29, 1.82) is 0 Å². The molecule has 0 bridgehead atoms. The van der Waals surface area contributed by atoms with Gasteiger partial charge in [-0.2, -0.15) is 18.3 Å². The van der Waals surface area contributed by atoms with E-state index in [0.29, 0.717) is 27.2 Å². The van der Waals surface area contributed by atoms with E-state index in [-0.39, 0.29) is 18.5 Å². The molecule has 2 aromatic heterocycles. The van der Waals surface area contributed by atoms with E-state index in [2.05, 4.69) is 36.6 Å². The number of fused-ring (bicyclic) bond motifs is 1. The molecule has 1 aliphatic carbocycles. The molecule has 2 heterocycles. The zero-order chi connectivity index (χ0) is 21.5. The Balaban J connectivity index is 1.63. The van der Waals surface area contributed by atoms with Crippen LogP contribution < -0.4 is 10.6 Å². The third-order valence-corrected chi connectivity index (χ3v) is 5.00. The fraction of sp³-hybridized carbons (Fsp3) is 0.250. The number of carbonyl (C=O) groups is 1. The summed E-state index contributed by atoms with van der Waals surface area (Å²) in [5.41, 5.74) is 3.66. The average Bonchev–Trinajstić information content (AvgIpc) is 3.36. The minimum atomic E-state index is -4.24. The molecule has 10 heteroatoms. The van der Waals surface area contributed by atoms with Crippen molar-refractivity contribution in [2.45, 2.75) is 25.6 Å². The lowest BCUT2D eigenvalue weighted by Crippen LogP contribution is -2.26. The minimum Gasteiger partial charge on any atom is -0.382 e. The molecule has 0 saturated heterocycles. The molecule has 1 aliphatic rings. The Morgan fingerprint density at radius 2 is 2.03 bits per heavy atom. The molecule has 156 valence electrons. The maximum atomic E-state index is 12.5. The van der Waals surface area contributed by atoms with Crippen molar-refractivity contribution in [1.82, 2.24) is 19.9 Å². The second kappa shape index (κ2) is 7.75. The molecule has 0 aliphatic heterocycles. The maximum absolute atomic E-state index is 12.5. The zero-order valence-corrected chi connectivity index (χ0v) is 17.4. The van der Waals surface area contributed by atoms with Gasteiger partial charge >= 0.3 is 6.18 Å². The lowest BCUT2D eigenvalue weighted by Gasteiger charge is -2.11. The lowest BCUT2D eigenvalue weighted by atomic mass is 10.0. The Kier molecular flexibility index (Phi) is 5.27. The van der Waals surface area contributed by atoms with Crippen molar-refractivity contribution in [3.63, 3.8) is 0 Å². The van der Waals surface area contributed by atoms with E-state index in [4.69, 9.17) is 0 Å². The van der Waals surface area contributed by atoms with Crippen molar-refractivity contribution >= 4 is 33.2 Å². The highest BCUT2D eigenvalue weighted by Gasteiger charge is 2.26. The number of alkyl halides is 3. The van der Waals surface area contributed by atoms with Gasteiger partial charge in [0, 0.05) is 17.7 Å². The van der Waals surface area contributed by atoms with Gasteiger partial charge in [0.25, 0.3) is 5.91 Å². The summed E-state index contributed by atoms with van der Waals surface area (Å²) < 4.78 is 39.4. The molecule has 0 unspecified atom stereocenters. The molecule has 0 saturated carbocycles. The van der Waals surface area contributed by atoms with Crippen LogP contribution in [0.2, 0.25) is 0 Å². The van der Waals surface area contributed by atoms with Gasteiger partial charge < -0.3 is 10.6 Å². The summed E-state index contributed by atoms with van der Waals surface area (Å²) in [7, 11) is 0. The van der Waals surface area contributed by atoms with Gasteiger partial charge in [0.2, 0.25) is 0 Å². The van der Waals surface area contributed by atoms with Crippen LogP contribution in [0.3, 0.4) is 0 Å². The number of imidazole rings is 1. The van der Waals surface area contributed by atoms with Crippen LogP contribution in [0.5, 0.6) is 0 Å². The van der Waals surface area contributed by atoms with Crippen LogP contribution in [0.15, 0.2) is 47.2 Å². The molecule has 1 aromatic carbocycles. The molecule has 0 fully saturated rings. The van der Waals surface area contributed by atoms with Crippen LogP contribution >= 0.6 is 15.9 Å². The Morgan fingerprint density at radius 3 is 2.70 bits per heavy atom. The fourth-order valence-electron chi connectivity index (χ4n) is 3.06. The second-order valence-electron chi connectivity index (χ2n) is 6.97. The molecule has 0 atom stereocenters. The van der Waals surface area contributed by atoms with Crippen molar-refractivity contribution in [2.75, 3.05) is 11.9 Å². The first-order chi connectivity index (χ1) is 14.2. The van der Waals surface area contributed by atoms with Crippen molar-refractivity contribution < 1.29 is 18.0 Å². The smallest absolute Gasteiger partial charge is 0.382 e. The monoisotopic (exact) mass is 479 g/mol. The van der Waals surface area contributed by atoms with Gasteiger partial charge in [0.15, 0.2) is 5.65 Å². The number of carbonyl (C=O) groups excluding carboxylic acids is 1. The van der Waals surface area contributed by atoms with Gasteiger partial charge in [-0.3, -0.25) is 4.79 Å². The molecule has 30 heavy (non-hydrogen) atoms. The SMILES string of the molecule is Cc1cc(-c2cnc3c(NCCC(F)(F)F)cc(Br)nn23)ccc1C(=O)NC1C=C1. The summed E-state index contributed by atoms with van der Waals surface area (Å²) in [5, 5.41) is 10.0. The predicted molar refractivity (Wildman–Crippen MR) is 110 cm³/mol. The summed E-state index contributed by atoms with van der Waals surface area (Å²) in [4.78, 5) is 16.6. The second-order valence-corrected chi connectivity index (χ2v) is 7.78. The Hall–Kier alpha value is -2.88. The number of aryl methyl sites for hydroxylation is 1. The Labute approximate surface area is 178 Å². The highest BCUT2D eigenvalue weighted by molar-refractivity contribution is 9.10. The van der Waals surface area contributed by atoms with E-state index < -0.39 is 12.6 Å². The molecule has 3 aromatic rings. The number of hydrogen-bond acceptors (Lipinski definition) is 4. The molecular formula is C20H17BrF3N5O. The number of aromatic nitrogens is 3. The number of rotatable bonds is 6. The Morgan fingerprint density at radius 1 is 1.27 bits per heavy atom. The number of benzene rings is 1. The highest BCUT2D eigenvalue weighted by atomic mass is 79.9. The van der Waals surface area contributed by atoms with Crippen LogP contribution in [-0.2, 0) is 0 Å². The first kappa shape index (κ1) is 20.4. The molecule has 1 amide bonds. The largest absolute Gasteiger partial charge is 0.390 e. The van der Waals surface area contributed by atoms with E-state index in [9.17, 15) is 18.0 Å². The standard InChI is InChI=1S/C20H17BrF3N5O/c1-11-8-12(2-5-14(11)19(30)27-13-3-4-13)16-10-26-18-15(9-17(21)28-29(16)18)25-7-6-20(22,23)24/h2-5,8-10,13,25H,6-7H2,1H3,(H,27,30). The summed E-state index contributed by atoms with van der Waals surface area (Å²) >= 11 is 3.30. The van der Waals surface area contributed by atoms with Crippen LogP contribution in [0.25, 0.3) is 16.9 Å². The van der Waals surface area contributed by atoms with Gasteiger partial charge in [-0.1, -0.05) is 18.2 Å². The van der Waals surface area contributed by atoms with Crippen molar-refractivity contribution in [2.24, 2.45) is 0 Å². The number of nitrogens with one attached hydrogen (secondary N) is 2. The van der Waals surface area contributed by atoms with E-state index in [1.165, 1.54) is 0 Å². The molecule has 2 N–H and O–H groups in total. The van der Waals surface area contributed by atoms with E-state index in [0.717, 1.165) is 11.1 Å². The van der Waals surface area contributed by atoms with E-state index in [1.54, 1.807) is 28.9 Å². The van der Waals surface area contributed by atoms with Crippen LogP contribution in [0.1, 0.15) is 22.3 Å². The number of halogens is 4. The number of nitrogens with zero attached hydrogens (tertiary/aromatic N) is 3. The third-order valence-electron chi connectivity index (χ3n) is 4.61. The van der Waals surface area contributed by atoms with Crippen LogP contribution in [-0.4, -0.2) is 39.3 Å². The fourth-order valence-corrected chi connectivity index (χ4v) is 3.45. The van der Waals surface area contributed by atoms with Gasteiger partial charge in [0.05, 0.1) is 30.0 Å². The number of anilines is 1. The summed E-state index contributed by atoms with van der Waals surface area (Å²) in [6.45, 7) is 1.58. The topological polar surface area (TPSA) is 71.3 Å². The quantitative estimate of drug-likeness (QED) is 0.510. The van der Waals surface area contributed by atoms with Crippen molar-refractivity contribution in [3.8, 4) is 11.3 Å². The van der Waals surface area contributed by atoms with Gasteiger partial charge in [0.1, 0.15) is 4.60 Å². The summed E-state index contributed by atoms with van der Waals surface area (Å²) in [5.74, 6) is -0.149. The Bertz CT molecular complexity index is 1150. The summed E-state index contributed by atoms with van der Waals surface area (Å²) in [6, 6.07) is 7.01. The average molecular weight is 480 g/mol. The number of amides is 1. The minimum absolute atomic E-state index is 0.0279. The number of hydrogen-bond donors (Lipinski definition) is 2. The van der Waals surface area contributed by atoms with Crippen LogP contribution in [0, 0.1) is 6.92 Å². The van der Waals surface area contributed by atoms with E-state index in [1.807, 2.05) is 25.1 Å². The highest BCUT2D eigenvalue weighted by Crippen LogP contribution is 2.28.